The number of carbonyl (C=O) groups is 2. The van der Waals surface area contributed by atoms with E-state index in [9.17, 15) is 19.7 Å². The quantitative estimate of drug-likeness (QED) is 0.583. The second-order valence-corrected chi connectivity index (χ2v) is 5.58. The van der Waals surface area contributed by atoms with Crippen molar-refractivity contribution in [1.29, 1.82) is 0 Å². The van der Waals surface area contributed by atoms with Crippen LogP contribution in [-0.4, -0.2) is 47.3 Å². The molecule has 23 heavy (non-hydrogen) atoms. The Morgan fingerprint density at radius 3 is 2.43 bits per heavy atom. The monoisotopic (exact) mass is 322 g/mol. The van der Waals surface area contributed by atoms with Gasteiger partial charge in [0, 0.05) is 12.1 Å². The number of rotatable bonds is 7. The Morgan fingerprint density at radius 2 is 1.87 bits per heavy atom. The average Bonchev–Trinajstić information content (AvgIpc) is 2.45. The highest BCUT2D eigenvalue weighted by molar-refractivity contribution is 5.96. The molecule has 0 aliphatic carbocycles. The first-order valence-corrected chi connectivity index (χ1v) is 7.26. The van der Waals surface area contributed by atoms with Gasteiger partial charge in [0.05, 0.1) is 17.5 Å². The molecule has 0 aliphatic heterocycles. The minimum atomic E-state index is -0.618. The molecular formula is C15H22N4O4. The first-order chi connectivity index (χ1) is 10.7. The van der Waals surface area contributed by atoms with Gasteiger partial charge in [-0.1, -0.05) is 12.1 Å². The topological polar surface area (TPSA) is 105 Å². The van der Waals surface area contributed by atoms with Crippen molar-refractivity contribution in [2.24, 2.45) is 0 Å². The first-order valence-electron chi connectivity index (χ1n) is 7.26. The molecule has 1 rings (SSSR count). The molecule has 126 valence electrons. The van der Waals surface area contributed by atoms with Gasteiger partial charge in [-0.25, -0.2) is 0 Å². The predicted octanol–water partition coefficient (Wildman–Crippen LogP) is 1.38. The minimum Gasteiger partial charge on any atom is -0.353 e. The molecule has 0 aliphatic rings. The van der Waals surface area contributed by atoms with E-state index in [0.717, 1.165) is 0 Å². The highest BCUT2D eigenvalue weighted by atomic mass is 16.6. The normalized spacial score (nSPS) is 12.1. The smallest absolute Gasteiger partial charge is 0.292 e. The maximum atomic E-state index is 12.2. The Bertz CT molecular complexity index is 589. The number of anilines is 1. The number of hydrogen-bond acceptors (Lipinski definition) is 5. The highest BCUT2D eigenvalue weighted by Crippen LogP contribution is 2.23. The molecule has 0 saturated heterocycles. The van der Waals surface area contributed by atoms with Crippen LogP contribution in [0.3, 0.4) is 0 Å². The Kier molecular flexibility index (Phi) is 6.65. The zero-order chi connectivity index (χ0) is 17.6. The maximum Gasteiger partial charge on any atom is 0.292 e. The van der Waals surface area contributed by atoms with Crippen LogP contribution < -0.4 is 10.6 Å². The highest BCUT2D eigenvalue weighted by Gasteiger charge is 2.23. The van der Waals surface area contributed by atoms with Crippen LogP contribution in [0.25, 0.3) is 0 Å². The summed E-state index contributed by atoms with van der Waals surface area (Å²) < 4.78 is 0. The van der Waals surface area contributed by atoms with Crippen molar-refractivity contribution in [3.8, 4) is 0 Å². The van der Waals surface area contributed by atoms with Crippen LogP contribution in [0.1, 0.15) is 20.8 Å². The molecule has 2 amide bonds. The molecule has 0 bridgehead atoms. The summed E-state index contributed by atoms with van der Waals surface area (Å²) in [5, 5.41) is 16.2. The standard InChI is InChI=1S/C15H22N4O4/c1-10(2)16-14(20)9-18(4)11(3)15(21)17-12-7-5-6-8-13(12)19(22)23/h5-8,10-11H,9H2,1-4H3,(H,16,20)(H,17,21)/t11-/m0/s1. The van der Waals surface area contributed by atoms with Crippen LogP contribution in [0.4, 0.5) is 11.4 Å². The molecule has 0 aromatic heterocycles. The fourth-order valence-electron chi connectivity index (χ4n) is 1.91. The molecule has 1 aromatic carbocycles. The van der Waals surface area contributed by atoms with Gasteiger partial charge in [0.15, 0.2) is 0 Å². The largest absolute Gasteiger partial charge is 0.353 e. The van der Waals surface area contributed by atoms with Gasteiger partial charge >= 0.3 is 0 Å². The Hall–Kier alpha value is -2.48. The third-order valence-corrected chi connectivity index (χ3v) is 3.24. The molecule has 2 N–H and O–H groups in total. The molecule has 0 spiro atoms. The van der Waals surface area contributed by atoms with E-state index in [1.165, 1.54) is 18.2 Å². The van der Waals surface area contributed by atoms with Crippen molar-refractivity contribution >= 4 is 23.2 Å². The van der Waals surface area contributed by atoms with Gasteiger partial charge in [0.2, 0.25) is 11.8 Å². The third-order valence-electron chi connectivity index (χ3n) is 3.24. The molecule has 8 heteroatoms. The van der Waals surface area contributed by atoms with E-state index in [4.69, 9.17) is 0 Å². The third kappa shape index (κ3) is 5.67. The minimum absolute atomic E-state index is 0.0204. The number of nitrogens with zero attached hydrogens (tertiary/aromatic N) is 2. The molecule has 0 heterocycles. The van der Waals surface area contributed by atoms with Crippen LogP contribution in [0.2, 0.25) is 0 Å². The van der Waals surface area contributed by atoms with Crippen LogP contribution in [-0.2, 0) is 9.59 Å². The number of nitro groups is 1. The van der Waals surface area contributed by atoms with E-state index < -0.39 is 16.9 Å². The fourth-order valence-corrected chi connectivity index (χ4v) is 1.91. The van der Waals surface area contributed by atoms with Crippen molar-refractivity contribution < 1.29 is 14.5 Å². The molecule has 1 aromatic rings. The van der Waals surface area contributed by atoms with Crippen molar-refractivity contribution in [2.45, 2.75) is 32.9 Å². The van der Waals surface area contributed by atoms with Crippen LogP contribution >= 0.6 is 0 Å². The summed E-state index contributed by atoms with van der Waals surface area (Å²) in [7, 11) is 1.64. The van der Waals surface area contributed by atoms with E-state index in [1.54, 1.807) is 24.9 Å². The van der Waals surface area contributed by atoms with Crippen LogP contribution in [0.5, 0.6) is 0 Å². The van der Waals surface area contributed by atoms with E-state index >= 15 is 0 Å². The maximum absolute atomic E-state index is 12.2. The van der Waals surface area contributed by atoms with E-state index in [0.29, 0.717) is 0 Å². The fraction of sp³-hybridized carbons (Fsp3) is 0.467. The molecule has 0 saturated carbocycles. The van der Waals surface area contributed by atoms with E-state index in [1.807, 2.05) is 13.8 Å². The Labute approximate surface area is 135 Å². The van der Waals surface area contributed by atoms with Gasteiger partial charge in [-0.3, -0.25) is 24.6 Å². The first kappa shape index (κ1) is 18.6. The summed E-state index contributed by atoms with van der Waals surface area (Å²) in [6.07, 6.45) is 0. The molecule has 0 unspecified atom stereocenters. The van der Waals surface area contributed by atoms with E-state index in [-0.39, 0.29) is 29.9 Å². The Balaban J connectivity index is 2.70. The second-order valence-electron chi connectivity index (χ2n) is 5.58. The zero-order valence-electron chi connectivity index (χ0n) is 13.7. The number of hydrogen-bond donors (Lipinski definition) is 2. The average molecular weight is 322 g/mol. The van der Waals surface area contributed by atoms with E-state index in [2.05, 4.69) is 10.6 Å². The number of nitro benzene ring substituents is 1. The number of benzene rings is 1. The van der Waals surface area contributed by atoms with Gasteiger partial charge in [-0.2, -0.15) is 0 Å². The molecular weight excluding hydrogens is 300 g/mol. The lowest BCUT2D eigenvalue weighted by atomic mass is 10.2. The van der Waals surface area contributed by atoms with Gasteiger partial charge < -0.3 is 10.6 Å². The summed E-state index contributed by atoms with van der Waals surface area (Å²) in [5.41, 5.74) is -0.0392. The lowest BCUT2D eigenvalue weighted by molar-refractivity contribution is -0.383. The second kappa shape index (κ2) is 8.23. The lowest BCUT2D eigenvalue weighted by Crippen LogP contribution is -2.46. The van der Waals surface area contributed by atoms with Gasteiger partial charge in [-0.15, -0.1) is 0 Å². The molecule has 0 fully saturated rings. The summed E-state index contributed by atoms with van der Waals surface area (Å²) >= 11 is 0. The summed E-state index contributed by atoms with van der Waals surface area (Å²) in [6.45, 7) is 5.39. The number of carbonyl (C=O) groups excluding carboxylic acids is 2. The summed E-state index contributed by atoms with van der Waals surface area (Å²) in [6, 6.07) is 5.32. The zero-order valence-corrected chi connectivity index (χ0v) is 13.7. The van der Waals surface area contributed by atoms with Crippen molar-refractivity contribution in [3.63, 3.8) is 0 Å². The van der Waals surface area contributed by atoms with Crippen LogP contribution in [0, 0.1) is 10.1 Å². The molecule has 8 nitrogen and oxygen atoms in total. The van der Waals surface area contributed by atoms with Crippen molar-refractivity contribution in [1.82, 2.24) is 10.2 Å². The number of amides is 2. The van der Waals surface area contributed by atoms with Gasteiger partial charge in [-0.05, 0) is 33.9 Å². The number of nitrogens with one attached hydrogen (secondary N) is 2. The van der Waals surface area contributed by atoms with Crippen molar-refractivity contribution in [3.05, 3.63) is 34.4 Å². The molecule has 1 atom stereocenters. The van der Waals surface area contributed by atoms with Crippen molar-refractivity contribution in [2.75, 3.05) is 18.9 Å². The lowest BCUT2D eigenvalue weighted by Gasteiger charge is -2.23. The summed E-state index contributed by atoms with van der Waals surface area (Å²) in [5.74, 6) is -0.605. The Morgan fingerprint density at radius 1 is 1.26 bits per heavy atom. The van der Waals surface area contributed by atoms with Gasteiger partial charge in [0.1, 0.15) is 5.69 Å². The predicted molar refractivity (Wildman–Crippen MR) is 87.1 cm³/mol. The number of para-hydroxylation sites is 2. The van der Waals surface area contributed by atoms with Gasteiger partial charge in [0.25, 0.3) is 5.69 Å². The summed E-state index contributed by atoms with van der Waals surface area (Å²) in [4.78, 5) is 35.9. The van der Waals surface area contributed by atoms with Crippen LogP contribution in [0.15, 0.2) is 24.3 Å². The molecule has 0 radical (unpaired) electrons. The SMILES string of the molecule is CC(C)NC(=O)CN(C)[C@@H](C)C(=O)Nc1ccccc1[N+](=O)[O-]. The number of likely N-dealkylation sites (N-methyl/N-ethyl adjacent to an activating group) is 1.